The highest BCUT2D eigenvalue weighted by molar-refractivity contribution is 6.31. The number of aryl methyl sites for hydroxylation is 2. The van der Waals surface area contributed by atoms with Gasteiger partial charge in [0.05, 0.1) is 11.0 Å². The van der Waals surface area contributed by atoms with Gasteiger partial charge in [0.1, 0.15) is 5.82 Å². The van der Waals surface area contributed by atoms with Crippen molar-refractivity contribution in [1.82, 2.24) is 9.55 Å². The van der Waals surface area contributed by atoms with Crippen LogP contribution in [0.2, 0.25) is 5.02 Å². The molecule has 0 saturated heterocycles. The van der Waals surface area contributed by atoms with E-state index < -0.39 is 0 Å². The molecule has 0 bridgehead atoms. The first-order valence-corrected chi connectivity index (χ1v) is 6.12. The largest absolute Gasteiger partial charge is 0.331 e. The Bertz CT molecular complexity index is 713. The Morgan fingerprint density at radius 2 is 2.06 bits per heavy atom. The first-order valence-electron chi connectivity index (χ1n) is 5.74. The van der Waals surface area contributed by atoms with Crippen LogP contribution in [0.3, 0.4) is 0 Å². The molecule has 3 rings (SSSR count). The highest BCUT2D eigenvalue weighted by Gasteiger charge is 2.09. The molecule has 0 aliphatic rings. The zero-order chi connectivity index (χ0) is 12.0. The maximum absolute atomic E-state index is 6.02. The van der Waals surface area contributed by atoms with E-state index in [0.717, 1.165) is 28.2 Å². The summed E-state index contributed by atoms with van der Waals surface area (Å²) in [6.07, 6.45) is 0.945. The summed E-state index contributed by atoms with van der Waals surface area (Å²) >= 11 is 6.02. The van der Waals surface area contributed by atoms with E-state index in [4.69, 9.17) is 11.6 Å². The Balaban J connectivity index is 2.50. The molecule has 3 heteroatoms. The van der Waals surface area contributed by atoms with Crippen LogP contribution >= 0.6 is 11.6 Å². The van der Waals surface area contributed by atoms with Crippen molar-refractivity contribution in [3.8, 4) is 0 Å². The predicted octanol–water partition coefficient (Wildman–Crippen LogP) is 3.94. The van der Waals surface area contributed by atoms with E-state index in [9.17, 15) is 0 Å². The van der Waals surface area contributed by atoms with Gasteiger partial charge in [-0.1, -0.05) is 30.7 Å². The lowest BCUT2D eigenvalue weighted by Crippen LogP contribution is -1.95. The number of rotatable bonds is 1. The molecule has 0 unspecified atom stereocenters. The van der Waals surface area contributed by atoms with Crippen LogP contribution in [-0.2, 0) is 13.5 Å². The molecule has 0 aliphatic heterocycles. The fourth-order valence-corrected chi connectivity index (χ4v) is 2.56. The molecule has 0 fully saturated rings. The number of halogens is 1. The molecule has 0 spiro atoms. The second-order valence-electron chi connectivity index (χ2n) is 4.24. The molecule has 0 atom stereocenters. The molecule has 0 radical (unpaired) electrons. The van der Waals surface area contributed by atoms with Crippen molar-refractivity contribution in [3.63, 3.8) is 0 Å². The number of hydrogen-bond donors (Lipinski definition) is 0. The Kier molecular flexibility index (Phi) is 2.33. The minimum atomic E-state index is 0.773. The van der Waals surface area contributed by atoms with Crippen molar-refractivity contribution in [2.24, 2.45) is 7.05 Å². The van der Waals surface area contributed by atoms with Gasteiger partial charge < -0.3 is 4.57 Å². The van der Waals surface area contributed by atoms with Crippen molar-refractivity contribution < 1.29 is 0 Å². The van der Waals surface area contributed by atoms with E-state index >= 15 is 0 Å². The maximum atomic E-state index is 6.02. The predicted molar refractivity (Wildman–Crippen MR) is 72.6 cm³/mol. The summed E-state index contributed by atoms with van der Waals surface area (Å²) in [7, 11) is 2.07. The number of benzene rings is 2. The number of nitrogens with zero attached hydrogens (tertiary/aromatic N) is 2. The van der Waals surface area contributed by atoms with E-state index in [-0.39, 0.29) is 0 Å². The van der Waals surface area contributed by atoms with Crippen LogP contribution in [0.15, 0.2) is 30.3 Å². The van der Waals surface area contributed by atoms with E-state index in [1.54, 1.807) is 0 Å². The molecule has 2 nitrogen and oxygen atoms in total. The highest BCUT2D eigenvalue weighted by Crippen LogP contribution is 2.27. The van der Waals surface area contributed by atoms with E-state index in [1.165, 1.54) is 10.9 Å². The van der Waals surface area contributed by atoms with Crippen LogP contribution in [0.25, 0.3) is 21.8 Å². The number of fused-ring (bicyclic) bond motifs is 3. The summed E-state index contributed by atoms with van der Waals surface area (Å²) in [6.45, 7) is 2.13. The third-order valence-corrected chi connectivity index (χ3v) is 3.46. The third-order valence-electron chi connectivity index (χ3n) is 3.22. The quantitative estimate of drug-likeness (QED) is 0.634. The maximum Gasteiger partial charge on any atom is 0.109 e. The third kappa shape index (κ3) is 1.52. The molecular formula is C14H13ClN2. The van der Waals surface area contributed by atoms with Crippen LogP contribution < -0.4 is 0 Å². The second-order valence-corrected chi connectivity index (χ2v) is 4.68. The molecular weight excluding hydrogens is 232 g/mol. The summed E-state index contributed by atoms with van der Waals surface area (Å²) in [5, 5.41) is 3.15. The molecule has 1 heterocycles. The lowest BCUT2D eigenvalue weighted by Gasteiger charge is -2.03. The molecule has 86 valence electrons. The second kappa shape index (κ2) is 3.74. The van der Waals surface area contributed by atoms with Crippen molar-refractivity contribution in [2.45, 2.75) is 13.3 Å². The summed E-state index contributed by atoms with van der Waals surface area (Å²) in [5.74, 6) is 1.11. The van der Waals surface area contributed by atoms with Gasteiger partial charge in [-0.05, 0) is 23.6 Å². The average molecular weight is 245 g/mol. The minimum Gasteiger partial charge on any atom is -0.331 e. The zero-order valence-corrected chi connectivity index (χ0v) is 10.6. The topological polar surface area (TPSA) is 17.8 Å². The first kappa shape index (κ1) is 10.6. The fraction of sp³-hybridized carbons (Fsp3) is 0.214. The van der Waals surface area contributed by atoms with Crippen LogP contribution in [0.5, 0.6) is 0 Å². The highest BCUT2D eigenvalue weighted by atomic mass is 35.5. The summed E-state index contributed by atoms with van der Waals surface area (Å²) in [6, 6.07) is 10.1. The van der Waals surface area contributed by atoms with Gasteiger partial charge in [-0.25, -0.2) is 4.98 Å². The molecule has 0 saturated carbocycles. The van der Waals surface area contributed by atoms with Crippen molar-refractivity contribution in [1.29, 1.82) is 0 Å². The Labute approximate surface area is 105 Å². The molecule has 3 aromatic rings. The Morgan fingerprint density at radius 1 is 1.24 bits per heavy atom. The molecule has 17 heavy (non-hydrogen) atoms. The van der Waals surface area contributed by atoms with E-state index in [2.05, 4.69) is 41.7 Å². The number of hydrogen-bond acceptors (Lipinski definition) is 1. The van der Waals surface area contributed by atoms with Crippen molar-refractivity contribution >= 4 is 33.4 Å². The summed E-state index contributed by atoms with van der Waals surface area (Å²) in [4.78, 5) is 4.63. The first-order chi connectivity index (χ1) is 8.20. The number of aromatic nitrogens is 2. The van der Waals surface area contributed by atoms with Crippen LogP contribution in [0, 0.1) is 0 Å². The van der Waals surface area contributed by atoms with Gasteiger partial charge in [0.2, 0.25) is 0 Å². The van der Waals surface area contributed by atoms with E-state index in [1.807, 2.05) is 12.1 Å². The summed E-state index contributed by atoms with van der Waals surface area (Å²) < 4.78 is 2.17. The van der Waals surface area contributed by atoms with Gasteiger partial charge in [-0.15, -0.1) is 0 Å². The van der Waals surface area contributed by atoms with Gasteiger partial charge in [0, 0.05) is 23.9 Å². The fourth-order valence-electron chi connectivity index (χ4n) is 2.37. The molecule has 2 aromatic carbocycles. The van der Waals surface area contributed by atoms with Gasteiger partial charge in [0.15, 0.2) is 0 Å². The van der Waals surface area contributed by atoms with E-state index in [0.29, 0.717) is 0 Å². The Morgan fingerprint density at radius 3 is 2.82 bits per heavy atom. The smallest absolute Gasteiger partial charge is 0.109 e. The van der Waals surface area contributed by atoms with Gasteiger partial charge in [-0.3, -0.25) is 0 Å². The van der Waals surface area contributed by atoms with Crippen molar-refractivity contribution in [2.75, 3.05) is 0 Å². The monoisotopic (exact) mass is 244 g/mol. The van der Waals surface area contributed by atoms with Gasteiger partial charge in [-0.2, -0.15) is 0 Å². The SMILES string of the molecule is CCc1nc2ccc3cc(Cl)ccc3c2n1C. The average Bonchev–Trinajstić information content (AvgIpc) is 2.66. The molecule has 1 aromatic heterocycles. The minimum absolute atomic E-state index is 0.773. The van der Waals surface area contributed by atoms with Gasteiger partial charge >= 0.3 is 0 Å². The molecule has 0 N–H and O–H groups in total. The van der Waals surface area contributed by atoms with Crippen LogP contribution in [-0.4, -0.2) is 9.55 Å². The van der Waals surface area contributed by atoms with Crippen LogP contribution in [0.4, 0.5) is 0 Å². The standard InChI is InChI=1S/C14H13ClN2/c1-3-13-16-12-7-4-9-8-10(15)5-6-11(9)14(12)17(13)2/h4-8H,3H2,1-2H3. The van der Waals surface area contributed by atoms with Crippen LogP contribution in [0.1, 0.15) is 12.7 Å². The zero-order valence-electron chi connectivity index (χ0n) is 9.87. The van der Waals surface area contributed by atoms with Gasteiger partial charge in [0.25, 0.3) is 0 Å². The molecule has 0 amide bonds. The Hall–Kier alpha value is -1.54. The lowest BCUT2D eigenvalue weighted by molar-refractivity contribution is 0.830. The lowest BCUT2D eigenvalue weighted by atomic mass is 10.1. The summed E-state index contributed by atoms with van der Waals surface area (Å²) in [5.41, 5.74) is 2.25. The normalized spacial score (nSPS) is 11.5. The number of imidazole rings is 1. The van der Waals surface area contributed by atoms with Crippen molar-refractivity contribution in [3.05, 3.63) is 41.2 Å². The molecule has 0 aliphatic carbocycles.